The van der Waals surface area contributed by atoms with Crippen molar-refractivity contribution in [3.8, 4) is 0 Å². The van der Waals surface area contributed by atoms with Crippen LogP contribution in [0.2, 0.25) is 0 Å². The number of ether oxygens (including phenoxy) is 1. The van der Waals surface area contributed by atoms with Crippen molar-refractivity contribution in [3.63, 3.8) is 0 Å². The molecule has 0 atom stereocenters. The van der Waals surface area contributed by atoms with Crippen LogP contribution in [-0.2, 0) is 17.8 Å². The number of carbonyl (C=O) groups excluding carboxylic acids is 1. The van der Waals surface area contributed by atoms with Crippen molar-refractivity contribution >= 4 is 33.3 Å². The number of nitrogens with one attached hydrogen (secondary N) is 1. The molecule has 0 fully saturated rings. The summed E-state index contributed by atoms with van der Waals surface area (Å²) in [5, 5.41) is 0. The molecule has 0 aliphatic heterocycles. The zero-order chi connectivity index (χ0) is 22.5. The van der Waals surface area contributed by atoms with Crippen LogP contribution in [0, 0.1) is 5.82 Å². The number of H-pyrrole nitrogens is 1. The van der Waals surface area contributed by atoms with Crippen LogP contribution in [0.25, 0.3) is 0 Å². The SMILES string of the molecule is COCCn1c(N)c(N(Cc2ccccc2)C(=O)c2ccc(F)cc2Br)c(=O)[nH]c1=O. The van der Waals surface area contributed by atoms with Gasteiger partial charge < -0.3 is 10.5 Å². The van der Waals surface area contributed by atoms with E-state index in [0.717, 1.165) is 22.3 Å². The van der Waals surface area contributed by atoms with Crippen molar-refractivity contribution < 1.29 is 13.9 Å². The van der Waals surface area contributed by atoms with E-state index in [1.807, 2.05) is 6.07 Å². The summed E-state index contributed by atoms with van der Waals surface area (Å²) in [6.07, 6.45) is 0. The predicted octanol–water partition coefficient (Wildman–Crippen LogP) is 2.51. The van der Waals surface area contributed by atoms with Gasteiger partial charge in [0, 0.05) is 11.6 Å². The highest BCUT2D eigenvalue weighted by Crippen LogP contribution is 2.26. The zero-order valence-electron chi connectivity index (χ0n) is 16.6. The molecule has 3 rings (SSSR count). The van der Waals surface area contributed by atoms with Gasteiger partial charge in [-0.1, -0.05) is 30.3 Å². The third kappa shape index (κ3) is 4.92. The molecule has 3 aromatic rings. The molecule has 10 heteroatoms. The highest BCUT2D eigenvalue weighted by Gasteiger charge is 2.27. The van der Waals surface area contributed by atoms with E-state index in [9.17, 15) is 18.8 Å². The summed E-state index contributed by atoms with van der Waals surface area (Å²) in [5.74, 6) is -1.29. The number of amides is 1. The molecule has 1 aromatic heterocycles. The van der Waals surface area contributed by atoms with E-state index in [2.05, 4.69) is 20.9 Å². The molecule has 0 aliphatic rings. The topological polar surface area (TPSA) is 110 Å². The van der Waals surface area contributed by atoms with Gasteiger partial charge in [-0.3, -0.25) is 24.0 Å². The highest BCUT2D eigenvalue weighted by molar-refractivity contribution is 9.10. The van der Waals surface area contributed by atoms with Crippen molar-refractivity contribution in [3.05, 3.63) is 90.8 Å². The number of carbonyl (C=O) groups is 1. The van der Waals surface area contributed by atoms with Gasteiger partial charge in [0.25, 0.3) is 11.5 Å². The molecule has 0 unspecified atom stereocenters. The van der Waals surface area contributed by atoms with E-state index in [1.54, 1.807) is 24.3 Å². The van der Waals surface area contributed by atoms with E-state index in [4.69, 9.17) is 10.5 Å². The Hall–Kier alpha value is -3.24. The number of halogens is 2. The number of methoxy groups -OCH3 is 1. The lowest BCUT2D eigenvalue weighted by molar-refractivity contribution is 0.0984. The van der Waals surface area contributed by atoms with Gasteiger partial charge in [-0.2, -0.15) is 0 Å². The molecule has 0 saturated heterocycles. The minimum atomic E-state index is -0.807. The van der Waals surface area contributed by atoms with Crippen molar-refractivity contribution in [1.29, 1.82) is 0 Å². The van der Waals surface area contributed by atoms with Gasteiger partial charge in [0.1, 0.15) is 11.6 Å². The summed E-state index contributed by atoms with van der Waals surface area (Å²) >= 11 is 3.19. The fraction of sp³-hybridized carbons (Fsp3) is 0.190. The second-order valence-electron chi connectivity index (χ2n) is 6.64. The molecule has 31 heavy (non-hydrogen) atoms. The number of aromatic amines is 1. The first kappa shape index (κ1) is 22.4. The minimum Gasteiger partial charge on any atom is -0.383 e. The molecule has 0 radical (unpaired) electrons. The lowest BCUT2D eigenvalue weighted by Crippen LogP contribution is -2.41. The summed E-state index contributed by atoms with van der Waals surface area (Å²) in [7, 11) is 1.46. The Morgan fingerprint density at radius 3 is 2.58 bits per heavy atom. The molecule has 1 amide bonds. The Bertz CT molecular complexity index is 1210. The average Bonchev–Trinajstić information content (AvgIpc) is 2.73. The van der Waals surface area contributed by atoms with Crippen LogP contribution in [0.1, 0.15) is 15.9 Å². The number of hydrogen-bond donors (Lipinski definition) is 2. The highest BCUT2D eigenvalue weighted by atomic mass is 79.9. The second-order valence-corrected chi connectivity index (χ2v) is 7.49. The number of benzene rings is 2. The molecule has 0 saturated carbocycles. The van der Waals surface area contributed by atoms with E-state index in [-0.39, 0.29) is 41.2 Å². The maximum absolute atomic E-state index is 13.5. The van der Waals surface area contributed by atoms with Crippen LogP contribution >= 0.6 is 15.9 Å². The molecule has 0 bridgehead atoms. The number of aromatic nitrogens is 2. The van der Waals surface area contributed by atoms with E-state index in [0.29, 0.717) is 0 Å². The fourth-order valence-corrected chi connectivity index (χ4v) is 3.59. The van der Waals surface area contributed by atoms with Gasteiger partial charge >= 0.3 is 5.69 Å². The molecule has 2 aromatic carbocycles. The molecular formula is C21H20BrFN4O4. The standard InChI is InChI=1S/C21H20BrFN4O4/c1-31-10-9-26-18(24)17(19(28)25-21(26)30)27(12-13-5-3-2-4-6-13)20(29)15-8-7-14(23)11-16(15)22/h2-8,11H,9-10,12,24H2,1H3,(H,25,28,30). The summed E-state index contributed by atoms with van der Waals surface area (Å²) in [6, 6.07) is 12.6. The van der Waals surface area contributed by atoms with Gasteiger partial charge in [0.2, 0.25) is 0 Å². The van der Waals surface area contributed by atoms with Gasteiger partial charge in [-0.25, -0.2) is 9.18 Å². The van der Waals surface area contributed by atoms with E-state index < -0.39 is 23.0 Å². The Morgan fingerprint density at radius 1 is 1.23 bits per heavy atom. The number of anilines is 2. The molecule has 3 N–H and O–H groups in total. The lowest BCUT2D eigenvalue weighted by Gasteiger charge is -2.25. The molecule has 1 heterocycles. The number of rotatable bonds is 7. The predicted molar refractivity (Wildman–Crippen MR) is 119 cm³/mol. The number of nitrogens with zero attached hydrogens (tertiary/aromatic N) is 2. The molecule has 0 aliphatic carbocycles. The monoisotopic (exact) mass is 490 g/mol. The number of hydrogen-bond acceptors (Lipinski definition) is 5. The van der Waals surface area contributed by atoms with Gasteiger partial charge in [0.15, 0.2) is 5.69 Å². The molecular weight excluding hydrogens is 471 g/mol. The number of nitrogen functional groups attached to an aromatic ring is 1. The Balaban J connectivity index is 2.18. The van der Waals surface area contributed by atoms with Gasteiger partial charge in [-0.05, 0) is 39.7 Å². The van der Waals surface area contributed by atoms with Crippen molar-refractivity contribution in [1.82, 2.24) is 9.55 Å². The van der Waals surface area contributed by atoms with E-state index >= 15 is 0 Å². The Morgan fingerprint density at radius 2 is 1.94 bits per heavy atom. The van der Waals surface area contributed by atoms with Gasteiger partial charge in [-0.15, -0.1) is 0 Å². The zero-order valence-corrected chi connectivity index (χ0v) is 18.2. The first-order valence-corrected chi connectivity index (χ1v) is 10.0. The smallest absolute Gasteiger partial charge is 0.330 e. The van der Waals surface area contributed by atoms with Crippen LogP contribution in [-0.4, -0.2) is 29.2 Å². The van der Waals surface area contributed by atoms with Crippen molar-refractivity contribution in [2.45, 2.75) is 13.1 Å². The van der Waals surface area contributed by atoms with Gasteiger partial charge in [0.05, 0.1) is 25.3 Å². The molecule has 162 valence electrons. The second kappa shape index (κ2) is 9.71. The lowest BCUT2D eigenvalue weighted by atomic mass is 10.1. The largest absolute Gasteiger partial charge is 0.383 e. The third-order valence-electron chi connectivity index (χ3n) is 4.59. The summed E-state index contributed by atoms with van der Waals surface area (Å²) in [6.45, 7) is 0.254. The summed E-state index contributed by atoms with van der Waals surface area (Å²) in [4.78, 5) is 41.8. The van der Waals surface area contributed by atoms with Crippen molar-refractivity contribution in [2.75, 3.05) is 24.4 Å². The quantitative estimate of drug-likeness (QED) is 0.528. The van der Waals surface area contributed by atoms with Crippen LogP contribution < -0.4 is 21.9 Å². The van der Waals surface area contributed by atoms with Crippen LogP contribution in [0.3, 0.4) is 0 Å². The Labute approximate surface area is 185 Å². The first-order chi connectivity index (χ1) is 14.8. The minimum absolute atomic E-state index is 0.000743. The van der Waals surface area contributed by atoms with Crippen LogP contribution in [0.4, 0.5) is 15.9 Å². The van der Waals surface area contributed by atoms with Crippen LogP contribution in [0.15, 0.2) is 62.6 Å². The Kier molecular flexibility index (Phi) is 7.03. The summed E-state index contributed by atoms with van der Waals surface area (Å²) in [5.41, 5.74) is 5.34. The van der Waals surface area contributed by atoms with Crippen molar-refractivity contribution in [2.24, 2.45) is 0 Å². The normalized spacial score (nSPS) is 10.8. The average molecular weight is 491 g/mol. The fourth-order valence-electron chi connectivity index (χ4n) is 3.07. The number of nitrogens with two attached hydrogens (primary N) is 1. The third-order valence-corrected chi connectivity index (χ3v) is 5.25. The maximum Gasteiger partial charge on any atom is 0.330 e. The van der Waals surface area contributed by atoms with Crippen LogP contribution in [0.5, 0.6) is 0 Å². The maximum atomic E-state index is 13.5. The molecule has 8 nitrogen and oxygen atoms in total. The molecule has 0 spiro atoms. The summed E-state index contributed by atoms with van der Waals surface area (Å²) < 4.78 is 19.9. The first-order valence-electron chi connectivity index (χ1n) is 9.26. The van der Waals surface area contributed by atoms with E-state index in [1.165, 1.54) is 18.1 Å².